The lowest BCUT2D eigenvalue weighted by Gasteiger charge is -2.25. The minimum Gasteiger partial charge on any atom is -0.477 e. The molecule has 0 rings (SSSR count). The molecule has 0 amide bonds. The van der Waals surface area contributed by atoms with Crippen molar-refractivity contribution in [1.82, 2.24) is 0 Å². The molecule has 78 heavy (non-hydrogen) atoms. The van der Waals surface area contributed by atoms with Gasteiger partial charge in [-0.3, -0.25) is 9.59 Å². The molecule has 0 aromatic rings. The van der Waals surface area contributed by atoms with Crippen molar-refractivity contribution in [2.45, 2.75) is 367 Å². The predicted octanol–water partition coefficient (Wildman–Crippen LogP) is 20.9. The quantitative estimate of drug-likeness (QED) is 0.0211. The SMILES string of the molecule is CCCCCCCCCC/C=C\CCCCCCCCCCCCCCCCCCCCCCCCCC(=O)OC(COC(=O)CCCCCCCCCCCCCCCCCCCC)COC(OCC[N+](C)(C)C)C(=O)O. The van der Waals surface area contributed by atoms with Crippen molar-refractivity contribution in [2.75, 3.05) is 47.5 Å². The molecule has 0 aliphatic rings. The number of quaternary nitrogens is 1. The first-order chi connectivity index (χ1) is 38.1. The fourth-order valence-corrected chi connectivity index (χ4v) is 10.5. The minimum absolute atomic E-state index is 0.173. The number of carboxylic acids is 1. The third-order valence-corrected chi connectivity index (χ3v) is 15.8. The predicted molar refractivity (Wildman–Crippen MR) is 332 cm³/mol. The Morgan fingerprint density at radius 1 is 0.372 bits per heavy atom. The summed E-state index contributed by atoms with van der Waals surface area (Å²) < 4.78 is 23.0. The third-order valence-electron chi connectivity index (χ3n) is 15.8. The van der Waals surface area contributed by atoms with Crippen molar-refractivity contribution in [1.29, 1.82) is 0 Å². The highest BCUT2D eigenvalue weighted by atomic mass is 16.7. The van der Waals surface area contributed by atoms with E-state index in [-0.39, 0.29) is 38.2 Å². The molecule has 0 spiro atoms. The molecular weight excluding hydrogens is 971 g/mol. The zero-order chi connectivity index (χ0) is 56.9. The zero-order valence-electron chi connectivity index (χ0n) is 52.9. The fraction of sp³-hybridized carbons (Fsp3) is 0.928. The Morgan fingerprint density at radius 3 is 0.949 bits per heavy atom. The first-order valence-corrected chi connectivity index (χ1v) is 34.4. The summed E-state index contributed by atoms with van der Waals surface area (Å²) in [6.45, 7) is 4.95. The number of carbonyl (C=O) groups excluding carboxylic acids is 2. The van der Waals surface area contributed by atoms with Gasteiger partial charge in [-0.2, -0.15) is 0 Å². The third kappa shape index (κ3) is 61.6. The first-order valence-electron chi connectivity index (χ1n) is 34.4. The molecule has 1 N–H and O–H groups in total. The number of aliphatic carboxylic acids is 1. The van der Waals surface area contributed by atoms with Crippen molar-refractivity contribution in [3.8, 4) is 0 Å². The molecule has 2 atom stereocenters. The van der Waals surface area contributed by atoms with Crippen LogP contribution in [0, 0.1) is 0 Å². The van der Waals surface area contributed by atoms with Crippen LogP contribution in [-0.4, -0.2) is 87.4 Å². The number of carbonyl (C=O) groups is 3. The number of ether oxygens (including phenoxy) is 4. The number of hydrogen-bond donors (Lipinski definition) is 1. The Bertz CT molecular complexity index is 1280. The lowest BCUT2D eigenvalue weighted by molar-refractivity contribution is -0.870. The second kappa shape index (κ2) is 61.1. The molecule has 0 radical (unpaired) electrons. The number of likely N-dealkylation sites (N-methyl/N-ethyl adjacent to an activating group) is 1. The van der Waals surface area contributed by atoms with Crippen molar-refractivity contribution >= 4 is 17.9 Å². The molecule has 9 nitrogen and oxygen atoms in total. The topological polar surface area (TPSA) is 108 Å². The Hall–Kier alpha value is -1.97. The number of esters is 2. The van der Waals surface area contributed by atoms with Gasteiger partial charge >= 0.3 is 17.9 Å². The largest absolute Gasteiger partial charge is 0.477 e. The highest BCUT2D eigenvalue weighted by Gasteiger charge is 2.25. The van der Waals surface area contributed by atoms with Gasteiger partial charge in [0.25, 0.3) is 6.29 Å². The van der Waals surface area contributed by atoms with Crippen LogP contribution in [0.4, 0.5) is 0 Å². The number of allylic oxidation sites excluding steroid dienone is 2. The van der Waals surface area contributed by atoms with Gasteiger partial charge in [-0.15, -0.1) is 0 Å². The van der Waals surface area contributed by atoms with Gasteiger partial charge in [-0.25, -0.2) is 4.79 Å². The molecular formula is C69H134NO8+. The van der Waals surface area contributed by atoms with Crippen LogP contribution < -0.4 is 0 Å². The van der Waals surface area contributed by atoms with Gasteiger partial charge in [-0.05, 0) is 38.5 Å². The second-order valence-electron chi connectivity index (χ2n) is 24.8. The molecule has 0 saturated carbocycles. The highest BCUT2D eigenvalue weighted by Crippen LogP contribution is 2.19. The van der Waals surface area contributed by atoms with Crippen LogP contribution in [0.2, 0.25) is 0 Å². The van der Waals surface area contributed by atoms with Gasteiger partial charge in [-0.1, -0.05) is 315 Å². The van der Waals surface area contributed by atoms with E-state index in [9.17, 15) is 19.5 Å². The van der Waals surface area contributed by atoms with Crippen LogP contribution in [0.1, 0.15) is 354 Å². The molecule has 2 unspecified atom stereocenters. The standard InChI is InChI=1S/C69H133NO8/c1-6-8-10-12-14-16-18-20-22-24-26-27-28-29-30-31-32-33-34-35-36-37-38-39-40-41-42-44-46-48-50-52-54-56-58-60-67(72)78-65(64-77-69(68(73)74)75-62-61-70(3,4)5)63-76-66(71)59-57-55-53-51-49-47-45-43-25-23-21-19-17-15-13-11-9-7-2/h24,26,65,69H,6-23,25,27-64H2,1-5H3/p+1/b26-24-. The molecule has 0 bridgehead atoms. The monoisotopic (exact) mass is 1110 g/mol. The molecule has 9 heteroatoms. The minimum atomic E-state index is -1.50. The lowest BCUT2D eigenvalue weighted by Crippen LogP contribution is -2.40. The van der Waals surface area contributed by atoms with E-state index < -0.39 is 18.4 Å². The summed E-state index contributed by atoms with van der Waals surface area (Å²) in [5.41, 5.74) is 0. The van der Waals surface area contributed by atoms with Gasteiger partial charge in [0.1, 0.15) is 13.2 Å². The van der Waals surface area contributed by atoms with E-state index in [1.165, 1.54) is 289 Å². The van der Waals surface area contributed by atoms with Crippen LogP contribution in [-0.2, 0) is 33.3 Å². The summed E-state index contributed by atoms with van der Waals surface area (Å²) in [6.07, 6.45) is 70.5. The van der Waals surface area contributed by atoms with E-state index in [0.29, 0.717) is 17.4 Å². The van der Waals surface area contributed by atoms with E-state index in [2.05, 4.69) is 26.0 Å². The van der Waals surface area contributed by atoms with E-state index in [1.54, 1.807) is 0 Å². The molecule has 462 valence electrons. The number of hydrogen-bond acceptors (Lipinski definition) is 7. The molecule has 0 aliphatic heterocycles. The van der Waals surface area contributed by atoms with Crippen LogP contribution in [0.25, 0.3) is 0 Å². The van der Waals surface area contributed by atoms with E-state index in [0.717, 1.165) is 38.5 Å². The summed E-state index contributed by atoms with van der Waals surface area (Å²) in [6, 6.07) is 0. The molecule has 0 aliphatic carbocycles. The maximum atomic E-state index is 12.9. The molecule has 0 heterocycles. The van der Waals surface area contributed by atoms with Crippen LogP contribution in [0.5, 0.6) is 0 Å². The van der Waals surface area contributed by atoms with Crippen molar-refractivity contribution in [3.05, 3.63) is 12.2 Å². The molecule has 0 aromatic carbocycles. The summed E-state index contributed by atoms with van der Waals surface area (Å²) in [4.78, 5) is 37.5. The molecule has 0 saturated heterocycles. The highest BCUT2D eigenvalue weighted by molar-refractivity contribution is 5.71. The van der Waals surface area contributed by atoms with Gasteiger partial charge < -0.3 is 28.5 Å². The first kappa shape index (κ1) is 76.0. The Morgan fingerprint density at radius 2 is 0.654 bits per heavy atom. The Labute approximate surface area is 485 Å². The number of unbranched alkanes of at least 4 members (excludes halogenated alkanes) is 48. The Balaban J connectivity index is 3.99. The van der Waals surface area contributed by atoms with Crippen molar-refractivity contribution in [2.24, 2.45) is 0 Å². The van der Waals surface area contributed by atoms with E-state index in [1.807, 2.05) is 21.1 Å². The maximum absolute atomic E-state index is 12.9. The number of nitrogens with zero attached hydrogens (tertiary/aromatic N) is 1. The normalized spacial score (nSPS) is 12.7. The average molecular weight is 1110 g/mol. The van der Waals surface area contributed by atoms with E-state index >= 15 is 0 Å². The van der Waals surface area contributed by atoms with E-state index in [4.69, 9.17) is 18.9 Å². The summed E-state index contributed by atoms with van der Waals surface area (Å²) in [5, 5.41) is 9.73. The maximum Gasteiger partial charge on any atom is 0.361 e. The van der Waals surface area contributed by atoms with Crippen molar-refractivity contribution < 1.29 is 42.9 Å². The van der Waals surface area contributed by atoms with Gasteiger partial charge in [0.15, 0.2) is 6.10 Å². The van der Waals surface area contributed by atoms with Gasteiger partial charge in [0, 0.05) is 12.8 Å². The van der Waals surface area contributed by atoms with Gasteiger partial charge in [0.2, 0.25) is 0 Å². The van der Waals surface area contributed by atoms with Crippen LogP contribution in [0.15, 0.2) is 12.2 Å². The Kier molecular flexibility index (Phi) is 59.6. The zero-order valence-corrected chi connectivity index (χ0v) is 52.9. The molecule has 0 aromatic heterocycles. The molecule has 0 fully saturated rings. The van der Waals surface area contributed by atoms with Crippen LogP contribution in [0.3, 0.4) is 0 Å². The smallest absolute Gasteiger partial charge is 0.361 e. The number of carboxylic acid groups (broad SMARTS) is 1. The summed E-state index contributed by atoms with van der Waals surface area (Å²) in [5.74, 6) is -1.97. The summed E-state index contributed by atoms with van der Waals surface area (Å²) >= 11 is 0. The fourth-order valence-electron chi connectivity index (χ4n) is 10.5. The van der Waals surface area contributed by atoms with Crippen LogP contribution >= 0.6 is 0 Å². The number of rotatable bonds is 65. The lowest BCUT2D eigenvalue weighted by atomic mass is 10.0. The summed E-state index contributed by atoms with van der Waals surface area (Å²) in [7, 11) is 5.99. The second-order valence-corrected chi connectivity index (χ2v) is 24.8. The van der Waals surface area contributed by atoms with Gasteiger partial charge in [0.05, 0.1) is 34.4 Å². The van der Waals surface area contributed by atoms with Crippen molar-refractivity contribution in [3.63, 3.8) is 0 Å². The average Bonchev–Trinajstić information content (AvgIpc) is 3.41.